The fourth-order valence-electron chi connectivity index (χ4n) is 2.88. The van der Waals surface area contributed by atoms with Gasteiger partial charge in [-0.25, -0.2) is 0 Å². The second kappa shape index (κ2) is 8.24. The van der Waals surface area contributed by atoms with Crippen LogP contribution in [0.2, 0.25) is 0 Å². The number of amides is 1. The maximum Gasteiger partial charge on any atom is 0.326 e. The summed E-state index contributed by atoms with van der Waals surface area (Å²) in [6, 6.07) is 12.4. The molecule has 2 aromatic carbocycles. The summed E-state index contributed by atoms with van der Waals surface area (Å²) in [5.41, 5.74) is 2.19. The number of carbonyl (C=O) groups is 2. The summed E-state index contributed by atoms with van der Waals surface area (Å²) >= 11 is 0. The third kappa shape index (κ3) is 4.24. The largest absolute Gasteiger partial charge is 0.454 e. The third-order valence-electron chi connectivity index (χ3n) is 4.39. The average Bonchev–Trinajstić information content (AvgIpc) is 3.41. The van der Waals surface area contributed by atoms with Crippen LogP contribution in [0, 0.1) is 6.92 Å². The van der Waals surface area contributed by atoms with Crippen LogP contribution in [0.5, 0.6) is 11.5 Å². The molecule has 1 amide bonds. The first kappa shape index (κ1) is 19.4. The molecule has 30 heavy (non-hydrogen) atoms. The lowest BCUT2D eigenvalue weighted by Gasteiger charge is -2.10. The van der Waals surface area contributed by atoms with Gasteiger partial charge in [-0.15, -0.1) is 10.2 Å². The Balaban J connectivity index is 1.31. The number of aryl methyl sites for hydroxylation is 1. The molecule has 1 aromatic heterocycles. The molecule has 1 N–H and O–H groups in total. The van der Waals surface area contributed by atoms with Crippen molar-refractivity contribution in [1.29, 1.82) is 0 Å². The standard InChI is InChI=1S/C21H19N3O6/c1-12-4-3-5-15(8-12)21-24-23-20(30-21)13(2)29-18(25)10-22-19(26)14-6-7-16-17(9-14)28-11-27-16/h3-9,13H,10-11H2,1-2H3,(H,22,26)/t13-/m1/s1. The second-order valence-corrected chi connectivity index (χ2v) is 6.70. The monoisotopic (exact) mass is 409 g/mol. The third-order valence-corrected chi connectivity index (χ3v) is 4.39. The Hall–Kier alpha value is -3.88. The summed E-state index contributed by atoms with van der Waals surface area (Å²) in [5.74, 6) is 0.503. The van der Waals surface area contributed by atoms with Gasteiger partial charge < -0.3 is 23.9 Å². The van der Waals surface area contributed by atoms with Crippen molar-refractivity contribution in [3.63, 3.8) is 0 Å². The predicted octanol–water partition coefficient (Wildman–Crippen LogP) is 2.81. The normalized spacial score (nSPS) is 13.0. The first-order valence-electron chi connectivity index (χ1n) is 9.27. The summed E-state index contributed by atoms with van der Waals surface area (Å²) in [6.07, 6.45) is -0.758. The number of nitrogens with zero attached hydrogens (tertiary/aromatic N) is 2. The summed E-state index contributed by atoms with van der Waals surface area (Å²) in [4.78, 5) is 24.3. The number of benzene rings is 2. The maximum atomic E-state index is 12.2. The quantitative estimate of drug-likeness (QED) is 0.619. The molecule has 9 heteroatoms. The Bertz CT molecular complexity index is 1090. The molecule has 2 heterocycles. The number of esters is 1. The maximum absolute atomic E-state index is 12.2. The van der Waals surface area contributed by atoms with Gasteiger partial charge in [0.25, 0.3) is 11.8 Å². The Labute approximate surface area is 172 Å². The van der Waals surface area contributed by atoms with Gasteiger partial charge in [0.15, 0.2) is 17.6 Å². The topological polar surface area (TPSA) is 113 Å². The Morgan fingerprint density at radius 1 is 1.13 bits per heavy atom. The van der Waals surface area contributed by atoms with Crippen LogP contribution in [0.1, 0.15) is 34.8 Å². The number of aromatic nitrogens is 2. The highest BCUT2D eigenvalue weighted by Crippen LogP contribution is 2.32. The van der Waals surface area contributed by atoms with E-state index in [9.17, 15) is 9.59 Å². The molecule has 1 aliphatic heterocycles. The molecular weight excluding hydrogens is 390 g/mol. The molecule has 154 valence electrons. The Morgan fingerprint density at radius 2 is 1.97 bits per heavy atom. The lowest BCUT2D eigenvalue weighted by atomic mass is 10.1. The molecule has 0 saturated carbocycles. The van der Waals surface area contributed by atoms with E-state index in [0.717, 1.165) is 11.1 Å². The van der Waals surface area contributed by atoms with Crippen LogP contribution in [0.25, 0.3) is 11.5 Å². The van der Waals surface area contributed by atoms with Gasteiger partial charge in [-0.2, -0.15) is 0 Å². The number of hydrogen-bond acceptors (Lipinski definition) is 8. The molecule has 1 aliphatic rings. The fourth-order valence-corrected chi connectivity index (χ4v) is 2.88. The van der Waals surface area contributed by atoms with Crippen LogP contribution < -0.4 is 14.8 Å². The minimum Gasteiger partial charge on any atom is -0.454 e. The molecule has 0 bridgehead atoms. The Kier molecular flexibility index (Phi) is 5.34. The summed E-state index contributed by atoms with van der Waals surface area (Å²) in [7, 11) is 0. The number of ether oxygens (including phenoxy) is 3. The van der Waals surface area contributed by atoms with Crippen molar-refractivity contribution in [2.75, 3.05) is 13.3 Å². The van der Waals surface area contributed by atoms with Crippen molar-refractivity contribution in [1.82, 2.24) is 15.5 Å². The fraction of sp³-hybridized carbons (Fsp3) is 0.238. The zero-order valence-electron chi connectivity index (χ0n) is 16.4. The molecule has 1 atom stereocenters. The molecule has 0 radical (unpaired) electrons. The Morgan fingerprint density at radius 3 is 2.80 bits per heavy atom. The highest BCUT2D eigenvalue weighted by molar-refractivity contribution is 5.96. The molecule has 0 fully saturated rings. The molecule has 4 rings (SSSR count). The molecule has 0 saturated heterocycles. The van der Waals surface area contributed by atoms with Gasteiger partial charge in [0, 0.05) is 11.1 Å². The zero-order chi connectivity index (χ0) is 21.1. The SMILES string of the molecule is Cc1cccc(-c2nnc([C@@H](C)OC(=O)CNC(=O)c3ccc4c(c3)OCO4)o2)c1. The van der Waals surface area contributed by atoms with Gasteiger partial charge in [0.2, 0.25) is 12.7 Å². The van der Waals surface area contributed by atoms with E-state index in [1.165, 1.54) is 0 Å². The number of fused-ring (bicyclic) bond motifs is 1. The van der Waals surface area contributed by atoms with E-state index in [1.54, 1.807) is 25.1 Å². The van der Waals surface area contributed by atoms with E-state index < -0.39 is 18.0 Å². The first-order chi connectivity index (χ1) is 14.5. The van der Waals surface area contributed by atoms with Crippen molar-refractivity contribution < 1.29 is 28.2 Å². The molecular formula is C21H19N3O6. The summed E-state index contributed by atoms with van der Waals surface area (Å²) in [6.45, 7) is 3.39. The zero-order valence-corrected chi connectivity index (χ0v) is 16.4. The van der Waals surface area contributed by atoms with Crippen LogP contribution in [-0.4, -0.2) is 35.4 Å². The van der Waals surface area contributed by atoms with Crippen molar-refractivity contribution in [3.8, 4) is 23.0 Å². The van der Waals surface area contributed by atoms with Crippen molar-refractivity contribution in [3.05, 3.63) is 59.5 Å². The van der Waals surface area contributed by atoms with Crippen molar-refractivity contribution in [2.45, 2.75) is 20.0 Å². The van der Waals surface area contributed by atoms with E-state index in [4.69, 9.17) is 18.6 Å². The van der Waals surface area contributed by atoms with E-state index in [2.05, 4.69) is 15.5 Å². The second-order valence-electron chi connectivity index (χ2n) is 6.70. The van der Waals surface area contributed by atoms with Crippen molar-refractivity contribution >= 4 is 11.9 Å². The molecule has 3 aromatic rings. The summed E-state index contributed by atoms with van der Waals surface area (Å²) in [5, 5.41) is 10.5. The minimum absolute atomic E-state index is 0.117. The van der Waals surface area contributed by atoms with Crippen LogP contribution in [0.15, 0.2) is 46.9 Å². The number of hydrogen-bond donors (Lipinski definition) is 1. The number of rotatable bonds is 6. The van der Waals surface area contributed by atoms with E-state index in [-0.39, 0.29) is 19.2 Å². The smallest absolute Gasteiger partial charge is 0.326 e. The van der Waals surface area contributed by atoms with Crippen LogP contribution in [-0.2, 0) is 9.53 Å². The van der Waals surface area contributed by atoms with Crippen LogP contribution >= 0.6 is 0 Å². The van der Waals surface area contributed by atoms with Gasteiger partial charge in [0.05, 0.1) is 0 Å². The number of nitrogens with one attached hydrogen (secondary N) is 1. The molecule has 0 unspecified atom stereocenters. The molecule has 0 spiro atoms. The van der Waals surface area contributed by atoms with Crippen LogP contribution in [0.3, 0.4) is 0 Å². The molecule has 0 aliphatic carbocycles. The minimum atomic E-state index is -0.758. The van der Waals surface area contributed by atoms with E-state index in [0.29, 0.717) is 23.0 Å². The molecule has 9 nitrogen and oxygen atoms in total. The number of carbonyl (C=O) groups excluding carboxylic acids is 2. The highest BCUT2D eigenvalue weighted by atomic mass is 16.7. The van der Waals surface area contributed by atoms with E-state index in [1.807, 2.05) is 31.2 Å². The van der Waals surface area contributed by atoms with Gasteiger partial charge in [-0.1, -0.05) is 17.7 Å². The van der Waals surface area contributed by atoms with Crippen molar-refractivity contribution in [2.24, 2.45) is 0 Å². The van der Waals surface area contributed by atoms with Gasteiger partial charge >= 0.3 is 5.97 Å². The first-order valence-corrected chi connectivity index (χ1v) is 9.27. The lowest BCUT2D eigenvalue weighted by molar-refractivity contribution is -0.148. The predicted molar refractivity (Wildman–Crippen MR) is 104 cm³/mol. The highest BCUT2D eigenvalue weighted by Gasteiger charge is 2.20. The van der Waals surface area contributed by atoms with Gasteiger partial charge in [0.1, 0.15) is 6.54 Å². The van der Waals surface area contributed by atoms with Gasteiger partial charge in [-0.05, 0) is 44.2 Å². The summed E-state index contributed by atoms with van der Waals surface area (Å²) < 4.78 is 21.3. The average molecular weight is 409 g/mol. The lowest BCUT2D eigenvalue weighted by Crippen LogP contribution is -2.31. The van der Waals surface area contributed by atoms with E-state index >= 15 is 0 Å². The van der Waals surface area contributed by atoms with Gasteiger partial charge in [-0.3, -0.25) is 9.59 Å². The van der Waals surface area contributed by atoms with Crippen LogP contribution in [0.4, 0.5) is 0 Å².